The molecule has 0 bridgehead atoms. The molecule has 0 saturated carbocycles. The summed E-state index contributed by atoms with van der Waals surface area (Å²) in [6.07, 6.45) is 0. The molecule has 138 valence electrons. The van der Waals surface area contributed by atoms with Crippen LogP contribution in [0, 0.1) is 0 Å². The van der Waals surface area contributed by atoms with Gasteiger partial charge in [-0.15, -0.1) is 0 Å². The Bertz CT molecular complexity index is 797. The lowest BCUT2D eigenvalue weighted by Crippen LogP contribution is -2.23. The van der Waals surface area contributed by atoms with Crippen LogP contribution in [0.25, 0.3) is 0 Å². The minimum atomic E-state index is -2.97. The summed E-state index contributed by atoms with van der Waals surface area (Å²) in [4.78, 5) is 12.3. The second-order valence-corrected chi connectivity index (χ2v) is 5.40. The van der Waals surface area contributed by atoms with Gasteiger partial charge in [0.2, 0.25) is 0 Å². The van der Waals surface area contributed by atoms with Crippen molar-refractivity contribution < 1.29 is 32.5 Å². The summed E-state index contributed by atoms with van der Waals surface area (Å²) in [6, 6.07) is 9.42. The van der Waals surface area contributed by atoms with Crippen molar-refractivity contribution in [1.29, 1.82) is 0 Å². The summed E-state index contributed by atoms with van der Waals surface area (Å²) in [5.41, 5.74) is 1.10. The first-order valence-electron chi connectivity index (χ1n) is 7.86. The van der Waals surface area contributed by atoms with E-state index >= 15 is 0 Å². The highest BCUT2D eigenvalue weighted by Crippen LogP contribution is 2.31. The molecule has 0 aliphatic carbocycles. The fourth-order valence-corrected chi connectivity index (χ4v) is 2.48. The van der Waals surface area contributed by atoms with Crippen LogP contribution < -0.4 is 24.3 Å². The Morgan fingerprint density at radius 3 is 2.62 bits per heavy atom. The van der Waals surface area contributed by atoms with Gasteiger partial charge in [0.25, 0.3) is 5.91 Å². The van der Waals surface area contributed by atoms with Crippen molar-refractivity contribution in [3.05, 3.63) is 47.5 Å². The Kier molecular flexibility index (Phi) is 5.40. The molecule has 2 aromatic rings. The summed E-state index contributed by atoms with van der Waals surface area (Å²) in [6.45, 7) is -1.71. The zero-order valence-corrected chi connectivity index (χ0v) is 14.0. The van der Waals surface area contributed by atoms with Gasteiger partial charge in [0, 0.05) is 12.1 Å². The van der Waals surface area contributed by atoms with Crippen LogP contribution in [0.5, 0.6) is 23.0 Å². The standard InChI is InChI=1S/C18H17F2NO5/c1-23-15-9-12(3-5-14(15)26-18(19)20)17(22)21-10-11-2-4-13-16(8-11)25-7-6-24-13/h2-5,8-9,18H,6-7,10H2,1H3,(H,21,22). The van der Waals surface area contributed by atoms with Gasteiger partial charge in [-0.3, -0.25) is 4.79 Å². The molecule has 0 radical (unpaired) electrons. The number of nitrogens with one attached hydrogen (secondary N) is 1. The fraction of sp³-hybridized carbons (Fsp3) is 0.278. The third-order valence-electron chi connectivity index (χ3n) is 3.70. The number of halogens is 2. The lowest BCUT2D eigenvalue weighted by atomic mass is 10.1. The molecule has 26 heavy (non-hydrogen) atoms. The van der Waals surface area contributed by atoms with E-state index in [0.29, 0.717) is 24.7 Å². The second-order valence-electron chi connectivity index (χ2n) is 5.40. The van der Waals surface area contributed by atoms with Gasteiger partial charge in [-0.25, -0.2) is 0 Å². The summed E-state index contributed by atoms with van der Waals surface area (Å²) in [7, 11) is 1.31. The maximum atomic E-state index is 12.3. The molecule has 2 aromatic carbocycles. The average Bonchev–Trinajstić information content (AvgIpc) is 2.65. The van der Waals surface area contributed by atoms with Gasteiger partial charge < -0.3 is 24.3 Å². The largest absolute Gasteiger partial charge is 0.493 e. The Labute approximate surface area is 148 Å². The molecule has 1 amide bonds. The molecule has 0 fully saturated rings. The lowest BCUT2D eigenvalue weighted by Gasteiger charge is -2.19. The predicted octanol–water partition coefficient (Wildman–Crippen LogP) is 3.00. The van der Waals surface area contributed by atoms with Crippen molar-refractivity contribution in [2.24, 2.45) is 0 Å². The number of methoxy groups -OCH3 is 1. The highest BCUT2D eigenvalue weighted by atomic mass is 19.3. The number of benzene rings is 2. The lowest BCUT2D eigenvalue weighted by molar-refractivity contribution is -0.0512. The highest BCUT2D eigenvalue weighted by Gasteiger charge is 2.15. The van der Waals surface area contributed by atoms with Crippen LogP contribution in [0.1, 0.15) is 15.9 Å². The third-order valence-corrected chi connectivity index (χ3v) is 3.70. The summed E-state index contributed by atoms with van der Waals surface area (Å²) < 4.78 is 45.0. The maximum absolute atomic E-state index is 12.3. The van der Waals surface area contributed by atoms with Crippen molar-refractivity contribution in [3.63, 3.8) is 0 Å². The van der Waals surface area contributed by atoms with Crippen LogP contribution in [0.4, 0.5) is 8.78 Å². The van der Waals surface area contributed by atoms with E-state index < -0.39 is 6.61 Å². The van der Waals surface area contributed by atoms with Crippen LogP contribution in [-0.2, 0) is 6.54 Å². The molecule has 1 aliphatic heterocycles. The van der Waals surface area contributed by atoms with Crippen molar-refractivity contribution >= 4 is 5.91 Å². The maximum Gasteiger partial charge on any atom is 0.387 e. The molecule has 0 spiro atoms. The van der Waals surface area contributed by atoms with E-state index in [1.165, 1.54) is 25.3 Å². The van der Waals surface area contributed by atoms with E-state index in [9.17, 15) is 13.6 Å². The molecule has 0 unspecified atom stereocenters. The van der Waals surface area contributed by atoms with E-state index in [1.54, 1.807) is 12.1 Å². The number of amides is 1. The number of carbonyl (C=O) groups is 1. The summed E-state index contributed by atoms with van der Waals surface area (Å²) in [5, 5.41) is 2.75. The Balaban J connectivity index is 1.66. The minimum Gasteiger partial charge on any atom is -0.493 e. The van der Waals surface area contributed by atoms with Gasteiger partial charge in [0.1, 0.15) is 13.2 Å². The van der Waals surface area contributed by atoms with E-state index in [1.807, 2.05) is 6.07 Å². The molecule has 6 nitrogen and oxygen atoms in total. The number of hydrogen-bond acceptors (Lipinski definition) is 5. The molecular formula is C18H17F2NO5. The minimum absolute atomic E-state index is 0.0530. The molecule has 8 heteroatoms. The Morgan fingerprint density at radius 1 is 1.12 bits per heavy atom. The van der Waals surface area contributed by atoms with Crippen molar-refractivity contribution in [2.45, 2.75) is 13.2 Å². The van der Waals surface area contributed by atoms with E-state index in [-0.39, 0.29) is 29.5 Å². The van der Waals surface area contributed by atoms with Gasteiger partial charge >= 0.3 is 6.61 Å². The number of hydrogen-bond donors (Lipinski definition) is 1. The Morgan fingerprint density at radius 2 is 1.88 bits per heavy atom. The highest BCUT2D eigenvalue weighted by molar-refractivity contribution is 5.94. The zero-order valence-electron chi connectivity index (χ0n) is 14.0. The van der Waals surface area contributed by atoms with Crippen molar-refractivity contribution in [1.82, 2.24) is 5.32 Å². The van der Waals surface area contributed by atoms with Gasteiger partial charge in [-0.05, 0) is 35.9 Å². The predicted molar refractivity (Wildman–Crippen MR) is 88.2 cm³/mol. The van der Waals surface area contributed by atoms with Crippen molar-refractivity contribution in [2.75, 3.05) is 20.3 Å². The first-order valence-corrected chi connectivity index (χ1v) is 7.86. The number of carbonyl (C=O) groups excluding carboxylic acids is 1. The van der Waals surface area contributed by atoms with E-state index in [4.69, 9.17) is 14.2 Å². The van der Waals surface area contributed by atoms with E-state index in [0.717, 1.165) is 5.56 Å². The fourth-order valence-electron chi connectivity index (χ4n) is 2.48. The number of rotatable bonds is 6. The number of alkyl halides is 2. The second kappa shape index (κ2) is 7.90. The molecule has 1 heterocycles. The van der Waals surface area contributed by atoms with Crippen LogP contribution in [0.2, 0.25) is 0 Å². The van der Waals surface area contributed by atoms with Crippen LogP contribution >= 0.6 is 0 Å². The quantitative estimate of drug-likeness (QED) is 0.853. The van der Waals surface area contributed by atoms with Crippen LogP contribution in [-0.4, -0.2) is 32.8 Å². The zero-order chi connectivity index (χ0) is 18.5. The van der Waals surface area contributed by atoms with Gasteiger partial charge in [0.15, 0.2) is 23.0 Å². The Hall–Kier alpha value is -3.03. The molecule has 1 N–H and O–H groups in total. The molecule has 0 aromatic heterocycles. The van der Waals surface area contributed by atoms with Gasteiger partial charge in [-0.2, -0.15) is 8.78 Å². The van der Waals surface area contributed by atoms with Gasteiger partial charge in [-0.1, -0.05) is 6.07 Å². The van der Waals surface area contributed by atoms with E-state index in [2.05, 4.69) is 10.1 Å². The normalized spacial score (nSPS) is 12.6. The molecule has 3 rings (SSSR count). The summed E-state index contributed by atoms with van der Waals surface area (Å²) >= 11 is 0. The first-order chi connectivity index (χ1) is 12.6. The number of fused-ring (bicyclic) bond motifs is 1. The first kappa shape index (κ1) is 17.8. The van der Waals surface area contributed by atoms with Crippen LogP contribution in [0.3, 0.4) is 0 Å². The topological polar surface area (TPSA) is 66.0 Å². The average molecular weight is 365 g/mol. The third kappa shape index (κ3) is 4.14. The SMILES string of the molecule is COc1cc(C(=O)NCc2ccc3c(c2)OCCO3)ccc1OC(F)F. The smallest absolute Gasteiger partial charge is 0.387 e. The molecule has 0 saturated heterocycles. The van der Waals surface area contributed by atoms with Gasteiger partial charge in [0.05, 0.1) is 7.11 Å². The monoisotopic (exact) mass is 365 g/mol. The molecular weight excluding hydrogens is 348 g/mol. The van der Waals surface area contributed by atoms with Crippen molar-refractivity contribution in [3.8, 4) is 23.0 Å². The molecule has 1 aliphatic rings. The molecule has 0 atom stereocenters. The number of ether oxygens (including phenoxy) is 4. The summed E-state index contributed by atoms with van der Waals surface area (Å²) in [5.74, 6) is 0.855. The van der Waals surface area contributed by atoms with Crippen LogP contribution in [0.15, 0.2) is 36.4 Å².